The number of hydrazine groups is 1. The van der Waals surface area contributed by atoms with Crippen molar-refractivity contribution >= 4 is 0 Å². The fourth-order valence-electron chi connectivity index (χ4n) is 2.16. The van der Waals surface area contributed by atoms with Gasteiger partial charge in [-0.15, -0.1) is 6.58 Å². The van der Waals surface area contributed by atoms with Crippen LogP contribution in [-0.4, -0.2) is 6.61 Å². The summed E-state index contributed by atoms with van der Waals surface area (Å²) >= 11 is 0. The van der Waals surface area contributed by atoms with Gasteiger partial charge in [0.15, 0.2) is 0 Å². The summed E-state index contributed by atoms with van der Waals surface area (Å²) < 4.78 is 5.50. The molecule has 3 N–H and O–H groups in total. The van der Waals surface area contributed by atoms with Crippen molar-refractivity contribution in [2.24, 2.45) is 5.84 Å². The Morgan fingerprint density at radius 1 is 1.59 bits per heavy atom. The van der Waals surface area contributed by atoms with Crippen molar-refractivity contribution in [1.29, 1.82) is 0 Å². The number of benzene rings is 1. The van der Waals surface area contributed by atoms with Gasteiger partial charge in [-0.1, -0.05) is 17.7 Å². The van der Waals surface area contributed by atoms with E-state index in [0.29, 0.717) is 0 Å². The molecule has 0 amide bonds. The minimum absolute atomic E-state index is 0.192. The van der Waals surface area contributed by atoms with Gasteiger partial charge in [-0.25, -0.2) is 0 Å². The van der Waals surface area contributed by atoms with E-state index in [-0.39, 0.29) is 6.04 Å². The highest BCUT2D eigenvalue weighted by Crippen LogP contribution is 2.29. The van der Waals surface area contributed by atoms with E-state index in [2.05, 4.69) is 24.1 Å². The number of fused-ring (bicyclic) bond motifs is 1. The number of ether oxygens (including phenoxy) is 1. The maximum absolute atomic E-state index is 5.63. The van der Waals surface area contributed by atoms with Crippen LogP contribution in [0, 0.1) is 0 Å². The maximum atomic E-state index is 5.63. The summed E-state index contributed by atoms with van der Waals surface area (Å²) in [5, 5.41) is 0. The highest BCUT2D eigenvalue weighted by atomic mass is 16.5. The third-order valence-electron chi connectivity index (χ3n) is 3.18. The average Bonchev–Trinajstić information content (AvgIpc) is 2.76. The summed E-state index contributed by atoms with van der Waals surface area (Å²) in [5.41, 5.74) is 6.60. The van der Waals surface area contributed by atoms with Crippen molar-refractivity contribution < 1.29 is 4.74 Å². The molecule has 0 aromatic heterocycles. The number of rotatable bonds is 5. The Bertz CT molecular complexity index is 415. The van der Waals surface area contributed by atoms with E-state index in [1.54, 1.807) is 0 Å². The maximum Gasteiger partial charge on any atom is 0.122 e. The lowest BCUT2D eigenvalue weighted by molar-refractivity contribution is 0.356. The van der Waals surface area contributed by atoms with E-state index in [0.717, 1.165) is 31.6 Å². The molecule has 2 rings (SSSR count). The molecule has 1 aromatic rings. The Morgan fingerprint density at radius 2 is 2.41 bits per heavy atom. The zero-order chi connectivity index (χ0) is 12.3. The predicted octanol–water partition coefficient (Wildman–Crippen LogP) is 2.48. The van der Waals surface area contributed by atoms with Crippen molar-refractivity contribution in [3.05, 3.63) is 41.5 Å². The third kappa shape index (κ3) is 2.87. The predicted molar refractivity (Wildman–Crippen MR) is 69.8 cm³/mol. The van der Waals surface area contributed by atoms with Gasteiger partial charge in [0.1, 0.15) is 5.75 Å². The van der Waals surface area contributed by atoms with E-state index in [1.165, 1.54) is 16.7 Å². The van der Waals surface area contributed by atoms with E-state index in [9.17, 15) is 0 Å². The van der Waals surface area contributed by atoms with Crippen LogP contribution in [0.25, 0.3) is 0 Å². The lowest BCUT2D eigenvalue weighted by Gasteiger charge is -2.17. The fourth-order valence-corrected chi connectivity index (χ4v) is 2.16. The topological polar surface area (TPSA) is 47.3 Å². The van der Waals surface area contributed by atoms with Gasteiger partial charge in [0.2, 0.25) is 0 Å². The molecule has 1 aliphatic rings. The Morgan fingerprint density at radius 3 is 3.12 bits per heavy atom. The minimum atomic E-state index is 0.192. The van der Waals surface area contributed by atoms with E-state index in [1.807, 2.05) is 13.0 Å². The third-order valence-corrected chi connectivity index (χ3v) is 3.18. The van der Waals surface area contributed by atoms with Crippen LogP contribution < -0.4 is 16.0 Å². The first-order chi connectivity index (χ1) is 8.20. The molecule has 1 aliphatic heterocycles. The van der Waals surface area contributed by atoms with Gasteiger partial charge in [-0.3, -0.25) is 11.3 Å². The van der Waals surface area contributed by atoms with E-state index < -0.39 is 0 Å². The van der Waals surface area contributed by atoms with Gasteiger partial charge in [-0.2, -0.15) is 0 Å². The second kappa shape index (κ2) is 5.34. The van der Waals surface area contributed by atoms with Crippen LogP contribution in [-0.2, 0) is 6.42 Å². The van der Waals surface area contributed by atoms with Crippen molar-refractivity contribution in [1.82, 2.24) is 5.43 Å². The largest absolute Gasteiger partial charge is 0.493 e. The number of hydrogen-bond donors (Lipinski definition) is 2. The molecule has 0 radical (unpaired) electrons. The number of nitrogens with one attached hydrogen (secondary N) is 1. The van der Waals surface area contributed by atoms with Crippen LogP contribution in [0.15, 0.2) is 30.4 Å². The summed E-state index contributed by atoms with van der Waals surface area (Å²) in [6.45, 7) is 6.77. The van der Waals surface area contributed by atoms with Gasteiger partial charge in [0.05, 0.1) is 6.61 Å². The summed E-state index contributed by atoms with van der Waals surface area (Å²) in [6, 6.07) is 6.53. The highest BCUT2D eigenvalue weighted by molar-refractivity contribution is 5.40. The van der Waals surface area contributed by atoms with Gasteiger partial charge < -0.3 is 4.74 Å². The molecule has 0 saturated carbocycles. The van der Waals surface area contributed by atoms with Gasteiger partial charge in [0, 0.05) is 12.5 Å². The molecule has 17 heavy (non-hydrogen) atoms. The molecule has 3 heteroatoms. The lowest BCUT2D eigenvalue weighted by Crippen LogP contribution is -2.28. The smallest absolute Gasteiger partial charge is 0.122 e. The molecular formula is C14H20N2O. The molecule has 1 heterocycles. The molecule has 0 saturated heterocycles. The van der Waals surface area contributed by atoms with Gasteiger partial charge in [-0.05, 0) is 37.0 Å². The number of hydrogen-bond acceptors (Lipinski definition) is 3. The summed E-state index contributed by atoms with van der Waals surface area (Å²) in [5.74, 6) is 6.64. The minimum Gasteiger partial charge on any atom is -0.493 e. The summed E-state index contributed by atoms with van der Waals surface area (Å²) in [4.78, 5) is 0. The van der Waals surface area contributed by atoms with Crippen molar-refractivity contribution in [3.8, 4) is 5.75 Å². The second-order valence-electron chi connectivity index (χ2n) is 4.68. The molecule has 0 spiro atoms. The Hall–Kier alpha value is -1.32. The lowest BCUT2D eigenvalue weighted by atomic mass is 9.98. The Labute approximate surface area is 103 Å². The molecule has 0 fully saturated rings. The van der Waals surface area contributed by atoms with Crippen LogP contribution >= 0.6 is 0 Å². The Kier molecular flexibility index (Phi) is 3.82. The molecule has 0 bridgehead atoms. The summed E-state index contributed by atoms with van der Waals surface area (Å²) in [7, 11) is 0. The number of allylic oxidation sites excluding steroid dienone is 1. The van der Waals surface area contributed by atoms with Crippen molar-refractivity contribution in [3.63, 3.8) is 0 Å². The molecule has 1 aromatic carbocycles. The zero-order valence-corrected chi connectivity index (χ0v) is 10.3. The fraction of sp³-hybridized carbons (Fsp3) is 0.429. The average molecular weight is 232 g/mol. The first-order valence-electron chi connectivity index (χ1n) is 6.07. The molecule has 1 unspecified atom stereocenters. The number of nitrogens with two attached hydrogens (primary N) is 1. The van der Waals surface area contributed by atoms with Crippen LogP contribution in [0.4, 0.5) is 0 Å². The van der Waals surface area contributed by atoms with Gasteiger partial charge >= 0.3 is 0 Å². The van der Waals surface area contributed by atoms with Crippen LogP contribution in [0.1, 0.15) is 36.9 Å². The SMILES string of the molecule is C=C(C)CCC(NN)c1ccc2c(c1)CCO2. The quantitative estimate of drug-likeness (QED) is 0.466. The van der Waals surface area contributed by atoms with Crippen LogP contribution in [0.3, 0.4) is 0 Å². The Balaban J connectivity index is 2.11. The summed E-state index contributed by atoms with van der Waals surface area (Å²) in [6.07, 6.45) is 2.97. The molecule has 1 atom stereocenters. The molecule has 0 aliphatic carbocycles. The second-order valence-corrected chi connectivity index (χ2v) is 4.68. The van der Waals surface area contributed by atoms with Gasteiger partial charge in [0.25, 0.3) is 0 Å². The first-order valence-corrected chi connectivity index (χ1v) is 6.07. The first kappa shape index (κ1) is 12.1. The van der Waals surface area contributed by atoms with Crippen molar-refractivity contribution in [2.45, 2.75) is 32.2 Å². The molecule has 3 nitrogen and oxygen atoms in total. The van der Waals surface area contributed by atoms with E-state index >= 15 is 0 Å². The standard InChI is InChI=1S/C14H20N2O/c1-10(2)3-5-13(16-15)11-4-6-14-12(9-11)7-8-17-14/h4,6,9,13,16H,1,3,5,7-8,15H2,2H3. The molecule has 92 valence electrons. The normalized spacial score (nSPS) is 15.2. The van der Waals surface area contributed by atoms with Crippen LogP contribution in [0.2, 0.25) is 0 Å². The van der Waals surface area contributed by atoms with Crippen LogP contribution in [0.5, 0.6) is 5.75 Å². The van der Waals surface area contributed by atoms with E-state index in [4.69, 9.17) is 10.6 Å². The van der Waals surface area contributed by atoms with Crippen molar-refractivity contribution in [2.75, 3.05) is 6.61 Å². The monoisotopic (exact) mass is 232 g/mol. The highest BCUT2D eigenvalue weighted by Gasteiger charge is 2.16. The zero-order valence-electron chi connectivity index (χ0n) is 10.3. The molecular weight excluding hydrogens is 212 g/mol.